The van der Waals surface area contributed by atoms with Crippen LogP contribution in [0, 0.1) is 10.1 Å². The number of benzene rings is 2. The predicted molar refractivity (Wildman–Crippen MR) is 83.7 cm³/mol. The van der Waals surface area contributed by atoms with Gasteiger partial charge in [0.1, 0.15) is 10.8 Å². The van der Waals surface area contributed by atoms with E-state index in [0.717, 1.165) is 0 Å². The van der Waals surface area contributed by atoms with Crippen LogP contribution >= 0.6 is 23.2 Å². The quantitative estimate of drug-likeness (QED) is 0.660. The van der Waals surface area contributed by atoms with Crippen LogP contribution in [0.2, 0.25) is 10.0 Å². The Bertz CT molecular complexity index is 722. The minimum Gasteiger partial charge on any atom is -0.482 e. The zero-order valence-electron chi connectivity index (χ0n) is 11.1. The first-order valence-electron chi connectivity index (χ1n) is 6.08. The lowest BCUT2D eigenvalue weighted by molar-refractivity contribution is -0.384. The van der Waals surface area contributed by atoms with Crippen molar-refractivity contribution < 1.29 is 14.5 Å². The second-order valence-electron chi connectivity index (χ2n) is 4.20. The number of nitro benzene ring substituents is 1. The second kappa shape index (κ2) is 7.11. The van der Waals surface area contributed by atoms with Crippen LogP contribution in [0.1, 0.15) is 0 Å². The van der Waals surface area contributed by atoms with Gasteiger partial charge in [-0.1, -0.05) is 35.3 Å². The molecule has 0 aliphatic heterocycles. The largest absolute Gasteiger partial charge is 0.482 e. The highest BCUT2D eigenvalue weighted by atomic mass is 35.5. The first kappa shape index (κ1) is 16.1. The van der Waals surface area contributed by atoms with Crippen molar-refractivity contribution in [2.45, 2.75) is 0 Å². The van der Waals surface area contributed by atoms with Crippen LogP contribution in [0.3, 0.4) is 0 Å². The van der Waals surface area contributed by atoms with Crippen molar-refractivity contribution in [2.24, 2.45) is 0 Å². The van der Waals surface area contributed by atoms with E-state index in [1.54, 1.807) is 18.2 Å². The Kier molecular flexibility index (Phi) is 5.19. The molecule has 0 heterocycles. The van der Waals surface area contributed by atoms with Crippen molar-refractivity contribution in [1.29, 1.82) is 0 Å². The van der Waals surface area contributed by atoms with Crippen LogP contribution in [0.25, 0.3) is 0 Å². The lowest BCUT2D eigenvalue weighted by Gasteiger charge is -2.09. The minimum absolute atomic E-state index is 0.114. The molecule has 1 amide bonds. The van der Waals surface area contributed by atoms with Crippen molar-refractivity contribution in [3.63, 3.8) is 0 Å². The Morgan fingerprint density at radius 3 is 2.68 bits per heavy atom. The number of hydrogen-bond acceptors (Lipinski definition) is 4. The number of carbonyl (C=O) groups is 1. The van der Waals surface area contributed by atoms with Gasteiger partial charge < -0.3 is 10.1 Å². The maximum Gasteiger partial charge on any atom is 0.271 e. The van der Waals surface area contributed by atoms with Crippen LogP contribution in [-0.4, -0.2) is 17.4 Å². The van der Waals surface area contributed by atoms with Gasteiger partial charge in [-0.3, -0.25) is 14.9 Å². The van der Waals surface area contributed by atoms with E-state index in [1.165, 1.54) is 24.3 Å². The molecule has 0 fully saturated rings. The highest BCUT2D eigenvalue weighted by Gasteiger charge is 2.10. The van der Waals surface area contributed by atoms with E-state index >= 15 is 0 Å². The highest BCUT2D eigenvalue weighted by molar-refractivity contribution is 6.42. The van der Waals surface area contributed by atoms with E-state index in [-0.39, 0.29) is 23.1 Å². The smallest absolute Gasteiger partial charge is 0.271 e. The van der Waals surface area contributed by atoms with Crippen LogP contribution in [0.4, 0.5) is 11.4 Å². The number of nitrogens with one attached hydrogen (secondary N) is 1. The Morgan fingerprint density at radius 1 is 1.23 bits per heavy atom. The summed E-state index contributed by atoms with van der Waals surface area (Å²) >= 11 is 11.8. The van der Waals surface area contributed by atoms with E-state index in [2.05, 4.69) is 5.32 Å². The average Bonchev–Trinajstić information content (AvgIpc) is 2.49. The van der Waals surface area contributed by atoms with Crippen LogP contribution in [0.5, 0.6) is 5.75 Å². The number of nitro groups is 1. The Balaban J connectivity index is 1.97. The number of amides is 1. The first-order chi connectivity index (χ1) is 10.5. The molecule has 2 aromatic carbocycles. The third-order valence-corrected chi connectivity index (χ3v) is 3.42. The molecule has 0 radical (unpaired) electrons. The topological polar surface area (TPSA) is 81.5 Å². The summed E-state index contributed by atoms with van der Waals surface area (Å²) in [5.41, 5.74) is 0.191. The van der Waals surface area contributed by atoms with E-state index in [9.17, 15) is 14.9 Å². The average molecular weight is 341 g/mol. The summed E-state index contributed by atoms with van der Waals surface area (Å²) in [5, 5.41) is 13.7. The second-order valence-corrected chi connectivity index (χ2v) is 4.98. The molecule has 2 aromatic rings. The number of nitrogens with zero attached hydrogens (tertiary/aromatic N) is 1. The number of hydrogen-bond donors (Lipinski definition) is 1. The summed E-state index contributed by atoms with van der Waals surface area (Å²) in [6, 6.07) is 10.4. The molecule has 0 unspecified atom stereocenters. The Labute approximate surface area is 135 Å². The molecule has 0 aliphatic rings. The zero-order valence-corrected chi connectivity index (χ0v) is 12.6. The Hall–Kier alpha value is -2.31. The number of carbonyl (C=O) groups excluding carboxylic acids is 1. The van der Waals surface area contributed by atoms with Crippen LogP contribution in [0.15, 0.2) is 42.5 Å². The summed E-state index contributed by atoms with van der Waals surface area (Å²) in [7, 11) is 0. The maximum absolute atomic E-state index is 11.8. The van der Waals surface area contributed by atoms with Gasteiger partial charge in [-0.05, 0) is 18.2 Å². The fraction of sp³-hybridized carbons (Fsp3) is 0.0714. The molecular weight excluding hydrogens is 331 g/mol. The predicted octanol–water partition coefficient (Wildman–Crippen LogP) is 3.92. The van der Waals surface area contributed by atoms with Gasteiger partial charge in [0.05, 0.1) is 9.95 Å². The van der Waals surface area contributed by atoms with Crippen molar-refractivity contribution in [3.8, 4) is 5.75 Å². The molecule has 0 atom stereocenters. The normalized spacial score (nSPS) is 10.1. The molecule has 0 aromatic heterocycles. The summed E-state index contributed by atoms with van der Waals surface area (Å²) in [6.07, 6.45) is 0. The van der Waals surface area contributed by atoms with Gasteiger partial charge >= 0.3 is 0 Å². The van der Waals surface area contributed by atoms with E-state index < -0.39 is 10.8 Å². The van der Waals surface area contributed by atoms with Crippen molar-refractivity contribution in [3.05, 3.63) is 62.6 Å². The summed E-state index contributed by atoms with van der Waals surface area (Å²) in [4.78, 5) is 21.9. The summed E-state index contributed by atoms with van der Waals surface area (Å²) in [5.74, 6) is -0.195. The van der Waals surface area contributed by atoms with E-state index in [0.29, 0.717) is 10.7 Å². The third-order valence-electron chi connectivity index (χ3n) is 2.62. The summed E-state index contributed by atoms with van der Waals surface area (Å²) < 4.78 is 5.27. The fourth-order valence-electron chi connectivity index (χ4n) is 1.63. The van der Waals surface area contributed by atoms with Gasteiger partial charge in [-0.15, -0.1) is 0 Å². The SMILES string of the molecule is O=C(COc1cccc(Cl)c1Cl)Nc1cccc([N+](=O)[O-])c1. The summed E-state index contributed by atoms with van der Waals surface area (Å²) in [6.45, 7) is -0.303. The lowest BCUT2D eigenvalue weighted by atomic mass is 10.3. The van der Waals surface area contributed by atoms with Crippen LogP contribution in [-0.2, 0) is 4.79 Å². The van der Waals surface area contributed by atoms with Crippen molar-refractivity contribution >= 4 is 40.5 Å². The van der Waals surface area contributed by atoms with E-state index in [1.807, 2.05) is 0 Å². The van der Waals surface area contributed by atoms with Crippen LogP contribution < -0.4 is 10.1 Å². The fourth-order valence-corrected chi connectivity index (χ4v) is 1.98. The highest BCUT2D eigenvalue weighted by Crippen LogP contribution is 2.31. The van der Waals surface area contributed by atoms with Gasteiger partial charge in [0.25, 0.3) is 11.6 Å². The van der Waals surface area contributed by atoms with E-state index in [4.69, 9.17) is 27.9 Å². The molecule has 22 heavy (non-hydrogen) atoms. The maximum atomic E-state index is 11.8. The molecule has 8 heteroatoms. The lowest BCUT2D eigenvalue weighted by Crippen LogP contribution is -2.20. The van der Waals surface area contributed by atoms with Gasteiger partial charge in [-0.25, -0.2) is 0 Å². The third kappa shape index (κ3) is 4.09. The molecule has 114 valence electrons. The molecular formula is C14H10Cl2N2O4. The van der Waals surface area contributed by atoms with Gasteiger partial charge in [-0.2, -0.15) is 0 Å². The molecule has 0 bridgehead atoms. The molecule has 1 N–H and O–H groups in total. The van der Waals surface area contributed by atoms with Gasteiger partial charge in [0.15, 0.2) is 6.61 Å². The number of halogens is 2. The zero-order chi connectivity index (χ0) is 16.1. The molecule has 0 spiro atoms. The number of rotatable bonds is 5. The number of ether oxygens (including phenoxy) is 1. The first-order valence-corrected chi connectivity index (χ1v) is 6.84. The van der Waals surface area contributed by atoms with Gasteiger partial charge in [0, 0.05) is 17.8 Å². The molecule has 0 saturated carbocycles. The number of anilines is 1. The Morgan fingerprint density at radius 2 is 1.95 bits per heavy atom. The molecule has 6 nitrogen and oxygen atoms in total. The minimum atomic E-state index is -0.544. The monoisotopic (exact) mass is 340 g/mol. The number of non-ortho nitro benzene ring substituents is 1. The standard InChI is InChI=1S/C14H10Cl2N2O4/c15-11-5-2-6-12(14(11)16)22-8-13(19)17-9-3-1-4-10(7-9)18(20)21/h1-7H,8H2,(H,17,19). The van der Waals surface area contributed by atoms with Gasteiger partial charge in [0.2, 0.25) is 0 Å². The molecule has 0 saturated heterocycles. The van der Waals surface area contributed by atoms with Crippen molar-refractivity contribution in [2.75, 3.05) is 11.9 Å². The molecule has 2 rings (SSSR count). The van der Waals surface area contributed by atoms with Crippen molar-refractivity contribution in [1.82, 2.24) is 0 Å². The molecule has 0 aliphatic carbocycles.